The number of carbonyl (C=O) groups is 2. The van der Waals surface area contributed by atoms with Gasteiger partial charge < -0.3 is 35.6 Å². The summed E-state index contributed by atoms with van der Waals surface area (Å²) in [5.41, 5.74) is 0.945. The summed E-state index contributed by atoms with van der Waals surface area (Å²) in [4.78, 5) is 34.3. The second-order valence-electron chi connectivity index (χ2n) is 6.59. The number of aliphatic hydroxyl groups is 2. The Hall–Kier alpha value is -3.02. The lowest BCUT2D eigenvalue weighted by Gasteiger charge is -2.28. The van der Waals surface area contributed by atoms with Gasteiger partial charge in [0.25, 0.3) is 5.60 Å². The number of nitrogens with zero attached hydrogens (tertiary/aromatic N) is 4. The van der Waals surface area contributed by atoms with Gasteiger partial charge in [0.2, 0.25) is 5.28 Å². The number of imidazole rings is 1. The monoisotopic (exact) mass is 441 g/mol. The molecule has 2 aromatic heterocycles. The van der Waals surface area contributed by atoms with Crippen molar-refractivity contribution < 1.29 is 39.5 Å². The van der Waals surface area contributed by atoms with Crippen LogP contribution in [0.2, 0.25) is 5.28 Å². The maximum Gasteiger partial charge on any atom is 0.347 e. The molecule has 3 heterocycles. The van der Waals surface area contributed by atoms with Gasteiger partial charge in [-0.3, -0.25) is 4.57 Å². The number of ether oxygens (including phenoxy) is 2. The summed E-state index contributed by atoms with van der Waals surface area (Å²) in [7, 11) is 0. The topological polar surface area (TPSA) is 203 Å². The van der Waals surface area contributed by atoms with Crippen LogP contribution in [0.15, 0.2) is 6.33 Å². The predicted molar refractivity (Wildman–Crippen MR) is 98.1 cm³/mol. The van der Waals surface area contributed by atoms with E-state index in [1.807, 2.05) is 5.92 Å². The minimum absolute atomic E-state index is 0.0398. The Bertz CT molecular complexity index is 1050. The largest absolute Gasteiger partial charge is 0.479 e. The third-order valence-corrected chi connectivity index (χ3v) is 4.95. The van der Waals surface area contributed by atoms with Crippen LogP contribution in [-0.2, 0) is 19.1 Å². The number of halogens is 1. The maximum atomic E-state index is 11.3. The molecule has 2 aromatic rings. The number of nitrogen functional groups attached to an aromatic ring is 1. The second-order valence-corrected chi connectivity index (χ2v) is 6.92. The van der Waals surface area contributed by atoms with Crippen LogP contribution in [-0.4, -0.2) is 81.9 Å². The summed E-state index contributed by atoms with van der Waals surface area (Å²) in [6.07, 6.45) is 1.93. The van der Waals surface area contributed by atoms with Crippen molar-refractivity contribution in [3.63, 3.8) is 0 Å². The van der Waals surface area contributed by atoms with Gasteiger partial charge in [0, 0.05) is 0 Å². The van der Waals surface area contributed by atoms with Crippen LogP contribution in [0.25, 0.3) is 11.2 Å². The molecule has 0 saturated carbocycles. The molecule has 1 aliphatic heterocycles. The van der Waals surface area contributed by atoms with Gasteiger partial charge >= 0.3 is 11.9 Å². The Morgan fingerprint density at radius 2 is 2.10 bits per heavy atom. The van der Waals surface area contributed by atoms with Gasteiger partial charge in [0.15, 0.2) is 23.3 Å². The first-order valence-corrected chi connectivity index (χ1v) is 8.63. The van der Waals surface area contributed by atoms with Crippen molar-refractivity contribution in [1.82, 2.24) is 19.5 Å². The Labute approximate surface area is 173 Å². The van der Waals surface area contributed by atoms with Crippen molar-refractivity contribution in [2.75, 3.05) is 12.3 Å². The van der Waals surface area contributed by atoms with E-state index in [9.17, 15) is 19.8 Å². The molecular formula is C16H16ClN5O8. The van der Waals surface area contributed by atoms with Crippen molar-refractivity contribution >= 4 is 40.5 Å². The molecule has 1 fully saturated rings. The van der Waals surface area contributed by atoms with Gasteiger partial charge in [-0.1, -0.05) is 5.92 Å². The zero-order valence-corrected chi connectivity index (χ0v) is 16.0. The van der Waals surface area contributed by atoms with Crippen LogP contribution in [0.4, 0.5) is 5.82 Å². The molecule has 4 atom stereocenters. The Morgan fingerprint density at radius 1 is 1.47 bits per heavy atom. The highest BCUT2D eigenvalue weighted by atomic mass is 35.5. The van der Waals surface area contributed by atoms with Crippen molar-refractivity contribution in [3.8, 4) is 12.3 Å². The highest BCUT2D eigenvalue weighted by Crippen LogP contribution is 2.39. The fourth-order valence-corrected chi connectivity index (χ4v) is 3.04. The van der Waals surface area contributed by atoms with Gasteiger partial charge in [0.1, 0.15) is 17.7 Å². The normalized spacial score (nSPS) is 26.6. The third-order valence-electron chi connectivity index (χ3n) is 4.78. The minimum Gasteiger partial charge on any atom is -0.479 e. The van der Waals surface area contributed by atoms with Gasteiger partial charge in [-0.15, -0.1) is 6.42 Å². The number of terminal acetylenes is 1. The van der Waals surface area contributed by atoms with E-state index in [1.54, 1.807) is 0 Å². The summed E-state index contributed by atoms with van der Waals surface area (Å²) in [6.45, 7) is 0.0361. The Morgan fingerprint density at radius 3 is 2.67 bits per heavy atom. The quantitative estimate of drug-likeness (QED) is 0.200. The lowest BCUT2D eigenvalue weighted by Crippen LogP contribution is -2.52. The van der Waals surface area contributed by atoms with E-state index >= 15 is 0 Å². The van der Waals surface area contributed by atoms with Crippen LogP contribution in [0.3, 0.4) is 0 Å². The maximum absolute atomic E-state index is 11.3. The molecule has 0 aromatic carbocycles. The molecule has 0 unspecified atom stereocenters. The lowest BCUT2D eigenvalue weighted by atomic mass is 9.93. The molecule has 1 saturated heterocycles. The van der Waals surface area contributed by atoms with E-state index in [0.717, 1.165) is 6.92 Å². The predicted octanol–water partition coefficient (Wildman–Crippen LogP) is -1.37. The first-order valence-electron chi connectivity index (χ1n) is 8.25. The smallest absolute Gasteiger partial charge is 0.347 e. The molecule has 0 spiro atoms. The van der Waals surface area contributed by atoms with Crippen LogP contribution in [0.5, 0.6) is 0 Å². The van der Waals surface area contributed by atoms with E-state index < -0.39 is 48.2 Å². The van der Waals surface area contributed by atoms with Crippen LogP contribution < -0.4 is 5.73 Å². The van der Waals surface area contributed by atoms with Crippen molar-refractivity contribution in [1.29, 1.82) is 0 Å². The molecule has 6 N–H and O–H groups in total. The summed E-state index contributed by atoms with van der Waals surface area (Å²) in [5.74, 6) is -1.62. The number of rotatable bonds is 6. The summed E-state index contributed by atoms with van der Waals surface area (Å²) in [5, 5.41) is 39.5. The number of hydrogen-bond donors (Lipinski definition) is 5. The molecule has 160 valence electrons. The summed E-state index contributed by atoms with van der Waals surface area (Å²) < 4.78 is 11.8. The van der Waals surface area contributed by atoms with Crippen molar-refractivity contribution in [3.05, 3.63) is 11.6 Å². The van der Waals surface area contributed by atoms with E-state index in [4.69, 9.17) is 43.4 Å². The lowest BCUT2D eigenvalue weighted by molar-refractivity contribution is -0.188. The Balaban J connectivity index is 1.95. The highest BCUT2D eigenvalue weighted by molar-refractivity contribution is 6.28. The zero-order chi connectivity index (χ0) is 22.4. The van der Waals surface area contributed by atoms with Crippen LogP contribution >= 0.6 is 11.6 Å². The number of anilines is 1. The molecule has 0 amide bonds. The molecular weight excluding hydrogens is 426 g/mol. The number of nitrogens with two attached hydrogens (primary N) is 1. The number of aromatic nitrogens is 4. The average molecular weight is 442 g/mol. The van der Waals surface area contributed by atoms with Gasteiger partial charge in [-0.05, 0) is 18.5 Å². The van der Waals surface area contributed by atoms with E-state index in [-0.39, 0.29) is 22.3 Å². The summed E-state index contributed by atoms with van der Waals surface area (Å²) in [6, 6.07) is 0. The van der Waals surface area contributed by atoms with E-state index in [1.165, 1.54) is 10.9 Å². The number of hydrogen-bond acceptors (Lipinski definition) is 10. The molecule has 0 bridgehead atoms. The van der Waals surface area contributed by atoms with Crippen molar-refractivity contribution in [2.45, 2.75) is 36.6 Å². The molecule has 14 heteroatoms. The highest BCUT2D eigenvalue weighted by Gasteiger charge is 2.57. The first-order chi connectivity index (χ1) is 14.0. The molecule has 0 aliphatic carbocycles. The number of carboxylic acids is 2. The number of fused-ring (bicyclic) bond motifs is 1. The molecule has 30 heavy (non-hydrogen) atoms. The van der Waals surface area contributed by atoms with Gasteiger partial charge in [0.05, 0.1) is 12.9 Å². The van der Waals surface area contributed by atoms with Crippen LogP contribution in [0, 0.1) is 12.3 Å². The number of aliphatic hydroxyl groups excluding tert-OH is 1. The SMILES string of the molecule is C#C[C@@]1(O)[C@@H](COC(C)(C(=O)O)C(=O)O)O[C@@H](n2cnc3c(N)nc(Cl)nc32)[C@@H]1O. The minimum atomic E-state index is -2.64. The fraction of sp³-hybridized carbons (Fsp3) is 0.438. The van der Waals surface area contributed by atoms with E-state index in [2.05, 4.69) is 15.0 Å². The average Bonchev–Trinajstić information content (AvgIpc) is 3.19. The van der Waals surface area contributed by atoms with Gasteiger partial charge in [-0.25, -0.2) is 14.6 Å². The Kier molecular flexibility index (Phi) is 5.31. The molecule has 1 aliphatic rings. The first kappa shape index (κ1) is 21.7. The molecule has 3 rings (SSSR count). The van der Waals surface area contributed by atoms with Crippen LogP contribution in [0.1, 0.15) is 13.2 Å². The zero-order valence-electron chi connectivity index (χ0n) is 15.3. The van der Waals surface area contributed by atoms with E-state index in [0.29, 0.717) is 0 Å². The molecule has 13 nitrogen and oxygen atoms in total. The standard InChI is InChI=1S/C16H16ClN5O8/c1-3-16(28)6(4-29-15(2,12(24)25)13(26)27)30-11(8(16)23)22-5-19-7-9(18)20-14(17)21-10(7)22/h1,5-6,8,11,23,28H,4H2,2H3,(H,24,25)(H,26,27)(H2,18,20,21)/t6-,8+,11-,16-/m1/s1. The van der Waals surface area contributed by atoms with Gasteiger partial charge in [-0.2, -0.15) is 9.97 Å². The third kappa shape index (κ3) is 3.20. The number of aliphatic carboxylic acids is 2. The number of carboxylic acid groups (broad SMARTS) is 2. The fourth-order valence-electron chi connectivity index (χ4n) is 2.87. The molecule has 0 radical (unpaired) electrons. The summed E-state index contributed by atoms with van der Waals surface area (Å²) >= 11 is 5.81. The van der Waals surface area contributed by atoms with Crippen molar-refractivity contribution in [2.24, 2.45) is 0 Å². The second kappa shape index (κ2) is 7.35.